The Kier molecular flexibility index (Phi) is 6.39. The van der Waals surface area contributed by atoms with Crippen LogP contribution in [0.1, 0.15) is 45.2 Å². The number of benzene rings is 2. The van der Waals surface area contributed by atoms with E-state index in [4.69, 9.17) is 15.2 Å². The van der Waals surface area contributed by atoms with E-state index in [0.29, 0.717) is 23.4 Å². The molecule has 1 aromatic heterocycles. The van der Waals surface area contributed by atoms with Gasteiger partial charge in [0.05, 0.1) is 23.6 Å². The highest BCUT2D eigenvalue weighted by atomic mass is 16.6. The summed E-state index contributed by atoms with van der Waals surface area (Å²) < 4.78 is 12.8. The van der Waals surface area contributed by atoms with Gasteiger partial charge in [0, 0.05) is 12.2 Å². The van der Waals surface area contributed by atoms with Crippen LogP contribution in [0, 0.1) is 27.7 Å². The molecule has 168 valence electrons. The largest absolute Gasteiger partial charge is 0.478 e. The first-order valence-electron chi connectivity index (χ1n) is 10.3. The summed E-state index contributed by atoms with van der Waals surface area (Å²) >= 11 is 0. The molecular formula is C25H28N2O5. The summed E-state index contributed by atoms with van der Waals surface area (Å²) in [5.74, 6) is -2.01. The van der Waals surface area contributed by atoms with Crippen molar-refractivity contribution in [2.24, 2.45) is 5.73 Å². The maximum absolute atomic E-state index is 12.9. The Morgan fingerprint density at radius 1 is 1.00 bits per heavy atom. The zero-order chi connectivity index (χ0) is 23.7. The molecule has 3 rings (SSSR count). The standard InChI is InChI=1S/C25H28N2O5/c1-13-14(2)21-20(23(15(13)3)32-17(5)25(30)31-6)19(22(28)24(26)29)16(4)27(21)12-18-10-8-7-9-11-18/h7-11,17H,12H2,1-6H3,(H2,26,29). The maximum Gasteiger partial charge on any atom is 0.346 e. The highest BCUT2D eigenvalue weighted by Gasteiger charge is 2.30. The molecule has 0 radical (unpaired) electrons. The summed E-state index contributed by atoms with van der Waals surface area (Å²) in [4.78, 5) is 36.9. The first-order chi connectivity index (χ1) is 15.1. The van der Waals surface area contributed by atoms with Gasteiger partial charge < -0.3 is 19.8 Å². The van der Waals surface area contributed by atoms with Gasteiger partial charge in [-0.2, -0.15) is 0 Å². The van der Waals surface area contributed by atoms with Gasteiger partial charge in [-0.15, -0.1) is 0 Å². The fourth-order valence-electron chi connectivity index (χ4n) is 4.07. The molecule has 2 aromatic carbocycles. The smallest absolute Gasteiger partial charge is 0.346 e. The third-order valence-electron chi connectivity index (χ3n) is 6.03. The van der Waals surface area contributed by atoms with Crippen molar-refractivity contribution in [2.75, 3.05) is 7.11 Å². The van der Waals surface area contributed by atoms with Gasteiger partial charge in [-0.1, -0.05) is 30.3 Å². The zero-order valence-electron chi connectivity index (χ0n) is 19.2. The number of Topliss-reactive ketones (excluding diaryl/α,β-unsaturated/α-hetero) is 1. The van der Waals surface area contributed by atoms with Gasteiger partial charge in [0.15, 0.2) is 6.10 Å². The number of aromatic nitrogens is 1. The number of nitrogens with zero attached hydrogens (tertiary/aromatic N) is 1. The lowest BCUT2D eigenvalue weighted by atomic mass is 9.96. The Labute approximate surface area is 187 Å². The summed E-state index contributed by atoms with van der Waals surface area (Å²) in [6.45, 7) is 9.66. The van der Waals surface area contributed by atoms with Crippen LogP contribution in [0.15, 0.2) is 30.3 Å². The van der Waals surface area contributed by atoms with Crippen molar-refractivity contribution in [3.8, 4) is 5.75 Å². The predicted molar refractivity (Wildman–Crippen MR) is 122 cm³/mol. The Morgan fingerprint density at radius 3 is 2.19 bits per heavy atom. The van der Waals surface area contributed by atoms with E-state index in [1.807, 2.05) is 55.7 Å². The van der Waals surface area contributed by atoms with Crippen LogP contribution in [0.4, 0.5) is 0 Å². The average molecular weight is 437 g/mol. The van der Waals surface area contributed by atoms with Crippen molar-refractivity contribution < 1.29 is 23.9 Å². The molecule has 7 heteroatoms. The van der Waals surface area contributed by atoms with Crippen molar-refractivity contribution in [1.29, 1.82) is 0 Å². The van der Waals surface area contributed by atoms with Gasteiger partial charge in [-0.3, -0.25) is 9.59 Å². The molecule has 1 heterocycles. The molecule has 0 bridgehead atoms. The van der Waals surface area contributed by atoms with E-state index >= 15 is 0 Å². The third kappa shape index (κ3) is 3.86. The number of carbonyl (C=O) groups excluding carboxylic acids is 3. The molecule has 1 amide bonds. The van der Waals surface area contributed by atoms with Crippen LogP contribution < -0.4 is 10.5 Å². The van der Waals surface area contributed by atoms with Gasteiger partial charge >= 0.3 is 5.97 Å². The number of primary amides is 1. The molecule has 1 atom stereocenters. The lowest BCUT2D eigenvalue weighted by Crippen LogP contribution is -2.26. The molecule has 0 aliphatic carbocycles. The van der Waals surface area contributed by atoms with Crippen molar-refractivity contribution in [1.82, 2.24) is 4.57 Å². The Bertz CT molecular complexity index is 1220. The number of hydrogen-bond donors (Lipinski definition) is 1. The highest BCUT2D eigenvalue weighted by Crippen LogP contribution is 2.41. The number of fused-ring (bicyclic) bond motifs is 1. The number of carbonyl (C=O) groups is 3. The number of rotatable bonds is 7. The number of methoxy groups -OCH3 is 1. The van der Waals surface area contributed by atoms with E-state index in [1.165, 1.54) is 7.11 Å². The number of esters is 1. The van der Waals surface area contributed by atoms with Crippen LogP contribution in [-0.4, -0.2) is 35.4 Å². The van der Waals surface area contributed by atoms with Gasteiger partial charge in [-0.05, 0) is 56.9 Å². The van der Waals surface area contributed by atoms with Gasteiger partial charge in [0.2, 0.25) is 0 Å². The summed E-state index contributed by atoms with van der Waals surface area (Å²) in [6, 6.07) is 9.81. The number of ether oxygens (including phenoxy) is 2. The van der Waals surface area contributed by atoms with Crippen LogP contribution in [0.25, 0.3) is 10.9 Å². The van der Waals surface area contributed by atoms with Crippen molar-refractivity contribution in [3.63, 3.8) is 0 Å². The van der Waals surface area contributed by atoms with Gasteiger partial charge in [0.1, 0.15) is 5.75 Å². The second-order valence-corrected chi connectivity index (χ2v) is 7.94. The first kappa shape index (κ1) is 23.1. The minimum Gasteiger partial charge on any atom is -0.478 e. The number of aryl methyl sites for hydroxylation is 1. The van der Waals surface area contributed by atoms with E-state index in [1.54, 1.807) is 13.8 Å². The second-order valence-electron chi connectivity index (χ2n) is 7.94. The number of nitrogens with two attached hydrogens (primary N) is 1. The minimum absolute atomic E-state index is 0.196. The van der Waals surface area contributed by atoms with Crippen molar-refractivity contribution in [3.05, 3.63) is 63.8 Å². The van der Waals surface area contributed by atoms with Crippen LogP contribution >= 0.6 is 0 Å². The molecule has 32 heavy (non-hydrogen) atoms. The lowest BCUT2D eigenvalue weighted by molar-refractivity contribution is -0.147. The lowest BCUT2D eigenvalue weighted by Gasteiger charge is -2.20. The molecule has 0 fully saturated rings. The zero-order valence-corrected chi connectivity index (χ0v) is 19.2. The van der Waals surface area contributed by atoms with E-state index in [0.717, 1.165) is 27.8 Å². The maximum atomic E-state index is 12.9. The van der Waals surface area contributed by atoms with Crippen molar-refractivity contribution in [2.45, 2.75) is 47.3 Å². The predicted octanol–water partition coefficient (Wildman–Crippen LogP) is 3.53. The Morgan fingerprint density at radius 2 is 1.62 bits per heavy atom. The fourth-order valence-corrected chi connectivity index (χ4v) is 4.07. The molecule has 0 spiro atoms. The average Bonchev–Trinajstić information content (AvgIpc) is 3.06. The third-order valence-corrected chi connectivity index (χ3v) is 6.03. The monoisotopic (exact) mass is 436 g/mol. The normalized spacial score (nSPS) is 11.9. The minimum atomic E-state index is -1.05. The van der Waals surface area contributed by atoms with Crippen LogP contribution in [0.2, 0.25) is 0 Å². The van der Waals surface area contributed by atoms with Crippen molar-refractivity contribution >= 4 is 28.6 Å². The first-order valence-corrected chi connectivity index (χ1v) is 10.3. The summed E-state index contributed by atoms with van der Waals surface area (Å²) in [7, 11) is 1.29. The molecule has 3 aromatic rings. The fraction of sp³-hybridized carbons (Fsp3) is 0.320. The molecule has 0 aliphatic rings. The Balaban J connectivity index is 2.41. The molecule has 2 N–H and O–H groups in total. The quantitative estimate of drug-likeness (QED) is 0.347. The SMILES string of the molecule is COC(=O)C(C)Oc1c(C)c(C)c(C)c2c1c(C(=O)C(N)=O)c(C)n2Cc1ccccc1. The Hall–Kier alpha value is -3.61. The summed E-state index contributed by atoms with van der Waals surface area (Å²) in [5, 5.41) is 0.485. The summed E-state index contributed by atoms with van der Waals surface area (Å²) in [6.07, 6.45) is -0.904. The molecule has 7 nitrogen and oxygen atoms in total. The topological polar surface area (TPSA) is 101 Å². The number of hydrogen-bond acceptors (Lipinski definition) is 5. The highest BCUT2D eigenvalue weighted by molar-refractivity contribution is 6.45. The molecule has 0 saturated carbocycles. The van der Waals surface area contributed by atoms with E-state index in [9.17, 15) is 14.4 Å². The van der Waals surface area contributed by atoms with E-state index < -0.39 is 23.8 Å². The summed E-state index contributed by atoms with van der Waals surface area (Å²) in [5.41, 5.74) is 10.7. The van der Waals surface area contributed by atoms with Gasteiger partial charge in [-0.25, -0.2) is 4.79 Å². The van der Waals surface area contributed by atoms with Gasteiger partial charge in [0.25, 0.3) is 11.7 Å². The van der Waals surface area contributed by atoms with Crippen LogP contribution in [-0.2, 0) is 20.9 Å². The van der Waals surface area contributed by atoms with Crippen LogP contribution in [0.5, 0.6) is 5.75 Å². The van der Waals surface area contributed by atoms with E-state index in [-0.39, 0.29) is 5.56 Å². The number of amides is 1. The molecule has 1 unspecified atom stereocenters. The van der Waals surface area contributed by atoms with E-state index in [2.05, 4.69) is 0 Å². The number of ketones is 1. The second kappa shape index (κ2) is 8.86. The van der Waals surface area contributed by atoms with Crippen LogP contribution in [0.3, 0.4) is 0 Å². The molecular weight excluding hydrogens is 408 g/mol. The molecule has 0 saturated heterocycles. The molecule has 0 aliphatic heterocycles.